The van der Waals surface area contributed by atoms with Crippen LogP contribution in [0.4, 0.5) is 0 Å². The van der Waals surface area contributed by atoms with Gasteiger partial charge in [0, 0.05) is 30.5 Å². The van der Waals surface area contributed by atoms with Gasteiger partial charge in [-0.05, 0) is 5.92 Å². The Balaban J connectivity index is 1.95. The van der Waals surface area contributed by atoms with E-state index in [-0.39, 0.29) is 12.5 Å². The van der Waals surface area contributed by atoms with E-state index >= 15 is 0 Å². The van der Waals surface area contributed by atoms with Gasteiger partial charge in [-0.25, -0.2) is 0 Å². The molecule has 1 fully saturated rings. The first kappa shape index (κ1) is 15.3. The maximum absolute atomic E-state index is 10.9. The van der Waals surface area contributed by atoms with E-state index in [9.17, 15) is 4.79 Å². The molecule has 112 valence electrons. The molecule has 1 aromatic rings. The Bertz CT molecular complexity index is 450. The summed E-state index contributed by atoms with van der Waals surface area (Å²) in [5.74, 6) is 2.92. The predicted molar refractivity (Wildman–Crippen MR) is 76.6 cm³/mol. The second-order valence-corrected chi connectivity index (χ2v) is 6.65. The molecule has 0 aromatic carbocycles. The van der Waals surface area contributed by atoms with Gasteiger partial charge in [0.25, 0.3) is 0 Å². The largest absolute Gasteiger partial charge is 0.481 e. The van der Waals surface area contributed by atoms with Crippen LogP contribution in [0.5, 0.6) is 0 Å². The van der Waals surface area contributed by atoms with E-state index in [4.69, 9.17) is 9.63 Å². The number of thioether (sulfide) groups is 1. The normalized spacial score (nSPS) is 20.4. The highest BCUT2D eigenvalue weighted by Crippen LogP contribution is 2.21. The highest BCUT2D eigenvalue weighted by atomic mass is 32.2. The van der Waals surface area contributed by atoms with Crippen molar-refractivity contribution in [3.05, 3.63) is 11.7 Å². The second-order valence-electron chi connectivity index (χ2n) is 5.50. The van der Waals surface area contributed by atoms with E-state index in [2.05, 4.69) is 28.9 Å². The molecule has 0 amide bonds. The summed E-state index contributed by atoms with van der Waals surface area (Å²) in [5.41, 5.74) is 0. The Morgan fingerprint density at radius 1 is 1.60 bits per heavy atom. The van der Waals surface area contributed by atoms with Crippen molar-refractivity contribution in [3.63, 3.8) is 0 Å². The number of rotatable bonds is 6. The molecule has 2 heterocycles. The summed E-state index contributed by atoms with van der Waals surface area (Å²) >= 11 is 1.80. The van der Waals surface area contributed by atoms with Gasteiger partial charge in [-0.2, -0.15) is 16.7 Å². The van der Waals surface area contributed by atoms with Gasteiger partial charge in [0.05, 0.1) is 13.0 Å². The van der Waals surface area contributed by atoms with E-state index in [1.165, 1.54) is 0 Å². The van der Waals surface area contributed by atoms with Crippen molar-refractivity contribution in [1.29, 1.82) is 0 Å². The van der Waals surface area contributed by atoms with Crippen LogP contribution in [0.1, 0.15) is 32.0 Å². The molecule has 0 saturated carbocycles. The number of carboxylic acids is 1. The fraction of sp³-hybridized carbons (Fsp3) is 0.769. The van der Waals surface area contributed by atoms with Crippen LogP contribution >= 0.6 is 11.8 Å². The lowest BCUT2D eigenvalue weighted by atomic mass is 10.1. The smallest absolute Gasteiger partial charge is 0.304 e. The van der Waals surface area contributed by atoms with Gasteiger partial charge in [-0.15, -0.1) is 0 Å². The summed E-state index contributed by atoms with van der Waals surface area (Å²) in [6.07, 6.45) is 0.970. The van der Waals surface area contributed by atoms with Crippen LogP contribution in [0, 0.1) is 5.92 Å². The van der Waals surface area contributed by atoms with E-state index in [0.717, 1.165) is 30.3 Å². The standard InChI is InChI=1S/C13H21N3O3S/c1-9(2)5-11-14-12(19-15-11)7-16-3-4-20-8-10(16)6-13(17)18/h9-10H,3-8H2,1-2H3,(H,17,18). The van der Waals surface area contributed by atoms with Crippen LogP contribution < -0.4 is 0 Å². The van der Waals surface area contributed by atoms with Crippen molar-refractivity contribution >= 4 is 17.7 Å². The van der Waals surface area contributed by atoms with Crippen LogP contribution in [0.3, 0.4) is 0 Å². The zero-order valence-electron chi connectivity index (χ0n) is 11.9. The van der Waals surface area contributed by atoms with Crippen molar-refractivity contribution in [3.8, 4) is 0 Å². The van der Waals surface area contributed by atoms with E-state index in [0.29, 0.717) is 18.4 Å². The molecule has 7 heteroatoms. The minimum absolute atomic E-state index is 0.0479. The zero-order chi connectivity index (χ0) is 14.5. The molecule has 1 unspecified atom stereocenters. The summed E-state index contributed by atoms with van der Waals surface area (Å²) in [6, 6.07) is 0.0479. The number of hydrogen-bond acceptors (Lipinski definition) is 6. The maximum Gasteiger partial charge on any atom is 0.304 e. The van der Waals surface area contributed by atoms with Gasteiger partial charge >= 0.3 is 5.97 Å². The molecule has 2 rings (SSSR count). The van der Waals surface area contributed by atoms with Crippen LogP contribution in [-0.4, -0.2) is 50.2 Å². The number of hydrogen-bond donors (Lipinski definition) is 1. The zero-order valence-corrected chi connectivity index (χ0v) is 12.7. The molecular weight excluding hydrogens is 278 g/mol. The SMILES string of the molecule is CC(C)Cc1noc(CN2CCSCC2CC(=O)O)n1. The van der Waals surface area contributed by atoms with Crippen molar-refractivity contribution in [2.45, 2.75) is 39.3 Å². The molecule has 6 nitrogen and oxygen atoms in total. The highest BCUT2D eigenvalue weighted by Gasteiger charge is 2.26. The Morgan fingerprint density at radius 3 is 3.10 bits per heavy atom. The van der Waals surface area contributed by atoms with Crippen molar-refractivity contribution in [2.75, 3.05) is 18.1 Å². The molecule has 0 radical (unpaired) electrons. The molecular formula is C13H21N3O3S. The number of carbonyl (C=O) groups is 1. The summed E-state index contributed by atoms with van der Waals surface area (Å²) in [7, 11) is 0. The van der Waals surface area contributed by atoms with E-state index < -0.39 is 5.97 Å². The molecule has 1 aliphatic heterocycles. The number of aromatic nitrogens is 2. The van der Waals surface area contributed by atoms with Gasteiger partial charge in [0.2, 0.25) is 5.89 Å². The minimum Gasteiger partial charge on any atom is -0.481 e. The predicted octanol–water partition coefficient (Wildman–Crippen LogP) is 1.66. The van der Waals surface area contributed by atoms with Gasteiger partial charge in [0.1, 0.15) is 0 Å². The Kier molecular flexibility index (Phi) is 5.42. The number of aliphatic carboxylic acids is 1. The van der Waals surface area contributed by atoms with E-state index in [1.54, 1.807) is 11.8 Å². The average Bonchev–Trinajstić information content (AvgIpc) is 2.77. The molecule has 0 aliphatic carbocycles. The molecule has 1 aliphatic rings. The third-order valence-corrected chi connectivity index (χ3v) is 4.29. The fourth-order valence-corrected chi connectivity index (χ4v) is 3.39. The van der Waals surface area contributed by atoms with Crippen molar-refractivity contribution in [1.82, 2.24) is 15.0 Å². The summed E-state index contributed by atoms with van der Waals surface area (Å²) in [5, 5.41) is 12.9. The van der Waals surface area contributed by atoms with Crippen LogP contribution in [-0.2, 0) is 17.8 Å². The fourth-order valence-electron chi connectivity index (χ4n) is 2.26. The molecule has 0 bridgehead atoms. The van der Waals surface area contributed by atoms with Crippen molar-refractivity contribution in [2.24, 2.45) is 5.92 Å². The second kappa shape index (κ2) is 7.08. The highest BCUT2D eigenvalue weighted by molar-refractivity contribution is 7.99. The number of carboxylic acid groups (broad SMARTS) is 1. The first-order valence-electron chi connectivity index (χ1n) is 6.89. The van der Waals surface area contributed by atoms with E-state index in [1.807, 2.05) is 0 Å². The average molecular weight is 299 g/mol. The summed E-state index contributed by atoms with van der Waals surface area (Å²) in [4.78, 5) is 17.4. The lowest BCUT2D eigenvalue weighted by molar-refractivity contribution is -0.138. The van der Waals surface area contributed by atoms with Crippen LogP contribution in [0.2, 0.25) is 0 Å². The maximum atomic E-state index is 10.9. The topological polar surface area (TPSA) is 79.5 Å². The molecule has 1 saturated heterocycles. The monoisotopic (exact) mass is 299 g/mol. The molecule has 20 heavy (non-hydrogen) atoms. The Morgan fingerprint density at radius 2 is 2.40 bits per heavy atom. The molecule has 1 N–H and O–H groups in total. The van der Waals surface area contributed by atoms with Crippen LogP contribution in [0.15, 0.2) is 4.52 Å². The third-order valence-electron chi connectivity index (χ3n) is 3.20. The Labute approximate surface area is 122 Å². The first-order chi connectivity index (χ1) is 9.54. The number of nitrogens with zero attached hydrogens (tertiary/aromatic N) is 3. The third kappa shape index (κ3) is 4.49. The van der Waals surface area contributed by atoms with Crippen molar-refractivity contribution < 1.29 is 14.4 Å². The lowest BCUT2D eigenvalue weighted by Gasteiger charge is -2.33. The van der Waals surface area contributed by atoms with Gasteiger partial charge in [-0.3, -0.25) is 9.69 Å². The Hall–Kier alpha value is -1.08. The van der Waals surface area contributed by atoms with Gasteiger partial charge in [-0.1, -0.05) is 19.0 Å². The lowest BCUT2D eigenvalue weighted by Crippen LogP contribution is -2.43. The van der Waals surface area contributed by atoms with Gasteiger partial charge in [0.15, 0.2) is 5.82 Å². The quantitative estimate of drug-likeness (QED) is 0.855. The summed E-state index contributed by atoms with van der Waals surface area (Å²) < 4.78 is 5.26. The van der Waals surface area contributed by atoms with Gasteiger partial charge < -0.3 is 9.63 Å². The first-order valence-corrected chi connectivity index (χ1v) is 8.05. The minimum atomic E-state index is -0.756. The molecule has 1 atom stereocenters. The molecule has 0 spiro atoms. The summed E-state index contributed by atoms with van der Waals surface area (Å²) in [6.45, 7) is 5.63. The molecule has 1 aromatic heterocycles. The van der Waals surface area contributed by atoms with Crippen LogP contribution in [0.25, 0.3) is 0 Å².